The van der Waals surface area contributed by atoms with Gasteiger partial charge in [0.15, 0.2) is 0 Å². The molecule has 0 radical (unpaired) electrons. The Labute approximate surface area is 180 Å². The van der Waals surface area contributed by atoms with Crippen LogP contribution in [0.5, 0.6) is 0 Å². The van der Waals surface area contributed by atoms with Gasteiger partial charge >= 0.3 is 0 Å². The van der Waals surface area contributed by atoms with E-state index in [4.69, 9.17) is 10.5 Å². The molecule has 0 aromatic heterocycles. The maximum atomic E-state index is 14.2. The molecule has 1 aliphatic carbocycles. The van der Waals surface area contributed by atoms with Crippen molar-refractivity contribution in [2.45, 2.75) is 58.0 Å². The highest BCUT2D eigenvalue weighted by Gasteiger charge is 2.28. The summed E-state index contributed by atoms with van der Waals surface area (Å²) in [6.45, 7) is 6.84. The van der Waals surface area contributed by atoms with Crippen LogP contribution in [0.2, 0.25) is 0 Å². The number of hydrogen-bond acceptors (Lipinski definition) is 4. The highest BCUT2D eigenvalue weighted by Crippen LogP contribution is 2.35. The van der Waals surface area contributed by atoms with E-state index in [1.54, 1.807) is 13.2 Å². The number of nitrogens with two attached hydrogens (primary N) is 1. The Morgan fingerprint density at radius 2 is 1.90 bits per heavy atom. The molecule has 168 valence electrons. The molecule has 1 saturated heterocycles. The van der Waals surface area contributed by atoms with Gasteiger partial charge in [0, 0.05) is 39.7 Å². The van der Waals surface area contributed by atoms with Crippen molar-refractivity contribution in [3.63, 3.8) is 0 Å². The van der Waals surface area contributed by atoms with E-state index in [0.717, 1.165) is 56.3 Å². The summed E-state index contributed by atoms with van der Waals surface area (Å²) in [4.78, 5) is 15.8. The topological polar surface area (TPSA) is 58.8 Å². The fraction of sp³-hybridized carbons (Fsp3) is 0.708. The molecule has 1 saturated carbocycles. The zero-order chi connectivity index (χ0) is 21.5. The Balaban J connectivity index is 1.36. The van der Waals surface area contributed by atoms with Crippen LogP contribution in [-0.4, -0.2) is 56.7 Å². The molecule has 3 rings (SSSR count). The quantitative estimate of drug-likeness (QED) is 0.663. The molecular formula is C24H38FN3O2. The van der Waals surface area contributed by atoms with Crippen molar-refractivity contribution in [3.8, 4) is 0 Å². The van der Waals surface area contributed by atoms with Crippen molar-refractivity contribution in [1.29, 1.82) is 0 Å². The first kappa shape index (κ1) is 23.0. The molecule has 6 heteroatoms. The maximum absolute atomic E-state index is 14.2. The fourth-order valence-corrected chi connectivity index (χ4v) is 5.13. The summed E-state index contributed by atoms with van der Waals surface area (Å²) >= 11 is 0. The number of piperazine rings is 1. The van der Waals surface area contributed by atoms with E-state index in [-0.39, 0.29) is 17.8 Å². The lowest BCUT2D eigenvalue weighted by Crippen LogP contribution is -2.47. The summed E-state index contributed by atoms with van der Waals surface area (Å²) in [5.41, 5.74) is 7.00. The van der Waals surface area contributed by atoms with Gasteiger partial charge in [-0.1, -0.05) is 18.9 Å². The number of primary amides is 1. The number of ether oxygens (including phenoxy) is 1. The number of carbonyl (C=O) groups excluding carboxylic acids is 1. The molecule has 5 nitrogen and oxygen atoms in total. The fourth-order valence-electron chi connectivity index (χ4n) is 5.13. The minimum Gasteiger partial charge on any atom is -0.381 e. The van der Waals surface area contributed by atoms with Crippen LogP contribution < -0.4 is 10.6 Å². The predicted molar refractivity (Wildman–Crippen MR) is 119 cm³/mol. The Morgan fingerprint density at radius 3 is 2.50 bits per heavy atom. The number of aryl methyl sites for hydroxylation is 1. The lowest BCUT2D eigenvalue weighted by Gasteiger charge is -2.38. The SMILES string of the molecule is COC(CCC(N)=O)C1CCC(CCN2CCN(c3ccc(C)cc3F)CC2)CC1. The lowest BCUT2D eigenvalue weighted by molar-refractivity contribution is -0.119. The lowest BCUT2D eigenvalue weighted by atomic mass is 9.77. The second-order valence-electron chi connectivity index (χ2n) is 9.13. The van der Waals surface area contributed by atoms with Crippen molar-refractivity contribution < 1.29 is 13.9 Å². The summed E-state index contributed by atoms with van der Waals surface area (Å²) in [6, 6.07) is 5.53. The number of halogens is 1. The van der Waals surface area contributed by atoms with Gasteiger partial charge in [0.25, 0.3) is 0 Å². The predicted octanol–water partition coefficient (Wildman–Crippen LogP) is 3.73. The number of hydrogen-bond donors (Lipinski definition) is 1. The van der Waals surface area contributed by atoms with E-state index in [1.807, 2.05) is 19.1 Å². The van der Waals surface area contributed by atoms with E-state index >= 15 is 0 Å². The van der Waals surface area contributed by atoms with Gasteiger partial charge in [-0.25, -0.2) is 4.39 Å². The molecular weight excluding hydrogens is 381 g/mol. The number of rotatable bonds is 9. The van der Waals surface area contributed by atoms with Gasteiger partial charge in [0.1, 0.15) is 5.82 Å². The van der Waals surface area contributed by atoms with Crippen molar-refractivity contribution in [2.75, 3.05) is 44.7 Å². The summed E-state index contributed by atoms with van der Waals surface area (Å²) < 4.78 is 19.9. The van der Waals surface area contributed by atoms with Crippen LogP contribution in [0.15, 0.2) is 18.2 Å². The highest BCUT2D eigenvalue weighted by atomic mass is 19.1. The van der Waals surface area contributed by atoms with E-state index in [1.165, 1.54) is 32.1 Å². The molecule has 1 atom stereocenters. The zero-order valence-corrected chi connectivity index (χ0v) is 18.6. The van der Waals surface area contributed by atoms with E-state index in [2.05, 4.69) is 9.80 Å². The van der Waals surface area contributed by atoms with Crippen LogP contribution in [0, 0.1) is 24.6 Å². The van der Waals surface area contributed by atoms with Crippen LogP contribution in [0.3, 0.4) is 0 Å². The van der Waals surface area contributed by atoms with Crippen LogP contribution >= 0.6 is 0 Å². The van der Waals surface area contributed by atoms with E-state index < -0.39 is 0 Å². The Hall–Kier alpha value is -1.66. The number of carbonyl (C=O) groups is 1. The van der Waals surface area contributed by atoms with Crippen molar-refractivity contribution in [1.82, 2.24) is 4.90 Å². The first-order chi connectivity index (χ1) is 14.5. The standard InChI is InChI=1S/C24H38FN3O2/c1-18-3-8-22(21(25)17-18)28-15-13-27(14-16-28)12-11-19-4-6-20(7-5-19)23(30-2)9-10-24(26)29/h3,8,17,19-20,23H,4-7,9-16H2,1-2H3,(H2,26,29). The third-order valence-corrected chi connectivity index (χ3v) is 7.06. The van der Waals surface area contributed by atoms with Gasteiger partial charge in [-0.2, -0.15) is 0 Å². The van der Waals surface area contributed by atoms with Crippen LogP contribution in [0.25, 0.3) is 0 Å². The van der Waals surface area contributed by atoms with Gasteiger partial charge < -0.3 is 15.4 Å². The zero-order valence-electron chi connectivity index (χ0n) is 18.6. The largest absolute Gasteiger partial charge is 0.381 e. The Morgan fingerprint density at radius 1 is 1.20 bits per heavy atom. The van der Waals surface area contributed by atoms with Gasteiger partial charge in [-0.15, -0.1) is 0 Å². The molecule has 2 fully saturated rings. The number of methoxy groups -OCH3 is 1. The second-order valence-corrected chi connectivity index (χ2v) is 9.13. The highest BCUT2D eigenvalue weighted by molar-refractivity contribution is 5.73. The first-order valence-corrected chi connectivity index (χ1v) is 11.5. The van der Waals surface area contributed by atoms with Crippen LogP contribution in [-0.2, 0) is 9.53 Å². The Bertz CT molecular complexity index is 683. The molecule has 0 bridgehead atoms. The molecule has 0 spiro atoms. The average Bonchev–Trinajstić information content (AvgIpc) is 2.74. The molecule has 1 heterocycles. The third kappa shape index (κ3) is 6.42. The summed E-state index contributed by atoms with van der Waals surface area (Å²) in [6.07, 6.45) is 7.42. The van der Waals surface area contributed by atoms with Gasteiger partial charge in [-0.05, 0) is 68.7 Å². The van der Waals surface area contributed by atoms with E-state index in [9.17, 15) is 9.18 Å². The number of anilines is 1. The molecule has 1 unspecified atom stereocenters. The molecule has 1 aromatic carbocycles. The van der Waals surface area contributed by atoms with Gasteiger partial charge in [0.2, 0.25) is 5.91 Å². The normalized spacial score (nSPS) is 24.0. The number of amides is 1. The third-order valence-electron chi connectivity index (χ3n) is 7.06. The first-order valence-electron chi connectivity index (χ1n) is 11.5. The second kappa shape index (κ2) is 11.1. The molecule has 1 aromatic rings. The van der Waals surface area contributed by atoms with Crippen molar-refractivity contribution in [2.24, 2.45) is 17.6 Å². The van der Waals surface area contributed by atoms with Crippen molar-refractivity contribution in [3.05, 3.63) is 29.6 Å². The molecule has 30 heavy (non-hydrogen) atoms. The monoisotopic (exact) mass is 419 g/mol. The summed E-state index contributed by atoms with van der Waals surface area (Å²) in [5.74, 6) is 0.988. The van der Waals surface area contributed by atoms with Crippen molar-refractivity contribution >= 4 is 11.6 Å². The average molecular weight is 420 g/mol. The summed E-state index contributed by atoms with van der Waals surface area (Å²) in [5, 5.41) is 0. The molecule has 1 aliphatic heterocycles. The van der Waals surface area contributed by atoms with Crippen LogP contribution in [0.4, 0.5) is 10.1 Å². The molecule has 1 amide bonds. The molecule has 2 N–H and O–H groups in total. The number of nitrogens with zero attached hydrogens (tertiary/aromatic N) is 2. The van der Waals surface area contributed by atoms with Gasteiger partial charge in [-0.3, -0.25) is 9.69 Å². The van der Waals surface area contributed by atoms with Gasteiger partial charge in [0.05, 0.1) is 11.8 Å². The Kier molecular flexibility index (Phi) is 8.51. The summed E-state index contributed by atoms with van der Waals surface area (Å²) in [7, 11) is 1.75. The minimum atomic E-state index is -0.240. The van der Waals surface area contributed by atoms with Crippen LogP contribution in [0.1, 0.15) is 50.5 Å². The maximum Gasteiger partial charge on any atom is 0.217 e. The molecule has 2 aliphatic rings. The van der Waals surface area contributed by atoms with E-state index in [0.29, 0.717) is 12.3 Å². The number of benzene rings is 1. The smallest absolute Gasteiger partial charge is 0.217 e. The minimum absolute atomic E-state index is 0.106.